The van der Waals surface area contributed by atoms with Crippen LogP contribution >= 0.6 is 24.0 Å². The summed E-state index contributed by atoms with van der Waals surface area (Å²) in [6.07, 6.45) is 0. The Balaban J connectivity index is 0.00000385. The Hall–Kier alpha value is -2.63. The molecule has 1 heterocycles. The van der Waals surface area contributed by atoms with Crippen molar-refractivity contribution in [2.45, 2.75) is 6.54 Å². The number of ether oxygens (including phenoxy) is 1. The number of anilines is 1. The molecular weight excluding hydrogens is 543 g/mol. The molecule has 0 aromatic heterocycles. The minimum absolute atomic E-state index is 0. The Morgan fingerprint density at radius 3 is 2.52 bits per heavy atom. The topological polar surface area (TPSA) is 60.4 Å². The van der Waals surface area contributed by atoms with Gasteiger partial charge in [-0.25, -0.2) is 8.78 Å². The lowest BCUT2D eigenvalue weighted by Crippen LogP contribution is -2.52. The SMILES string of the molecule is CN=C(NCc1cccc(OCC(=O)N(C)C)c1)N1CCN(c2cc(F)ccc2F)CC1.I. The third kappa shape index (κ3) is 7.44. The molecule has 180 valence electrons. The second-order valence-corrected chi connectivity index (χ2v) is 7.69. The number of halogens is 3. The third-order valence-electron chi connectivity index (χ3n) is 5.25. The molecule has 0 unspecified atom stereocenters. The number of benzene rings is 2. The average Bonchev–Trinajstić information content (AvgIpc) is 2.80. The van der Waals surface area contributed by atoms with E-state index in [1.54, 1.807) is 21.1 Å². The van der Waals surface area contributed by atoms with E-state index in [9.17, 15) is 13.6 Å². The smallest absolute Gasteiger partial charge is 0.259 e. The highest BCUT2D eigenvalue weighted by molar-refractivity contribution is 14.0. The highest BCUT2D eigenvalue weighted by atomic mass is 127. The number of carbonyl (C=O) groups excluding carboxylic acids is 1. The van der Waals surface area contributed by atoms with Crippen LogP contribution in [0.4, 0.5) is 14.5 Å². The van der Waals surface area contributed by atoms with Crippen molar-refractivity contribution in [1.82, 2.24) is 15.1 Å². The molecule has 33 heavy (non-hydrogen) atoms. The fraction of sp³-hybridized carbons (Fsp3) is 0.391. The van der Waals surface area contributed by atoms with Gasteiger partial charge in [-0.15, -0.1) is 24.0 Å². The van der Waals surface area contributed by atoms with E-state index in [4.69, 9.17) is 4.74 Å². The number of rotatable bonds is 6. The minimum atomic E-state index is -0.446. The van der Waals surface area contributed by atoms with Gasteiger partial charge in [0, 0.05) is 59.9 Å². The second kappa shape index (κ2) is 12.6. The molecule has 1 N–H and O–H groups in total. The summed E-state index contributed by atoms with van der Waals surface area (Å²) >= 11 is 0. The quantitative estimate of drug-likeness (QED) is 0.328. The number of carbonyl (C=O) groups is 1. The molecule has 1 aliphatic heterocycles. The van der Waals surface area contributed by atoms with E-state index in [0.29, 0.717) is 38.5 Å². The van der Waals surface area contributed by atoms with Gasteiger partial charge in [-0.05, 0) is 29.8 Å². The fourth-order valence-electron chi connectivity index (χ4n) is 3.42. The molecule has 1 saturated heterocycles. The van der Waals surface area contributed by atoms with Gasteiger partial charge in [-0.1, -0.05) is 12.1 Å². The van der Waals surface area contributed by atoms with Crippen LogP contribution < -0.4 is 15.0 Å². The Kier molecular flexibility index (Phi) is 10.1. The van der Waals surface area contributed by atoms with Crippen molar-refractivity contribution in [2.75, 3.05) is 58.8 Å². The maximum absolute atomic E-state index is 14.1. The summed E-state index contributed by atoms with van der Waals surface area (Å²) in [7, 11) is 5.09. The molecular formula is C23H30F2IN5O2. The van der Waals surface area contributed by atoms with Crippen molar-refractivity contribution in [2.24, 2.45) is 4.99 Å². The van der Waals surface area contributed by atoms with Crippen molar-refractivity contribution in [3.05, 3.63) is 59.7 Å². The first-order valence-corrected chi connectivity index (χ1v) is 10.4. The molecule has 0 spiro atoms. The van der Waals surface area contributed by atoms with Gasteiger partial charge in [0.1, 0.15) is 17.4 Å². The van der Waals surface area contributed by atoms with E-state index in [0.717, 1.165) is 23.7 Å². The average molecular weight is 573 g/mol. The molecule has 2 aromatic rings. The van der Waals surface area contributed by atoms with Crippen LogP contribution in [0.5, 0.6) is 5.75 Å². The van der Waals surface area contributed by atoms with Gasteiger partial charge in [-0.3, -0.25) is 9.79 Å². The molecule has 3 rings (SSSR count). The standard InChI is InChI=1S/C23H29F2N5O2.HI/c1-26-23(27-15-17-5-4-6-19(13-17)32-16-22(31)28(2)3)30-11-9-29(10-12-30)21-14-18(24)7-8-20(21)25;/h4-8,13-14H,9-12,15-16H2,1-3H3,(H,26,27);1H. The lowest BCUT2D eigenvalue weighted by Gasteiger charge is -2.37. The molecule has 0 saturated carbocycles. The summed E-state index contributed by atoms with van der Waals surface area (Å²) in [5, 5.41) is 3.33. The van der Waals surface area contributed by atoms with Crippen molar-refractivity contribution >= 4 is 41.5 Å². The fourth-order valence-corrected chi connectivity index (χ4v) is 3.42. The van der Waals surface area contributed by atoms with Crippen molar-refractivity contribution in [1.29, 1.82) is 0 Å². The summed E-state index contributed by atoms with van der Waals surface area (Å²) in [6.45, 7) is 2.90. The highest BCUT2D eigenvalue weighted by Gasteiger charge is 2.22. The van der Waals surface area contributed by atoms with Gasteiger partial charge in [0.05, 0.1) is 5.69 Å². The largest absolute Gasteiger partial charge is 0.484 e. The first-order chi connectivity index (χ1) is 15.4. The summed E-state index contributed by atoms with van der Waals surface area (Å²) in [4.78, 5) is 21.5. The van der Waals surface area contributed by atoms with E-state index < -0.39 is 11.6 Å². The summed E-state index contributed by atoms with van der Waals surface area (Å²) in [5.41, 5.74) is 1.28. The van der Waals surface area contributed by atoms with Crippen molar-refractivity contribution in [3.63, 3.8) is 0 Å². The Bertz CT molecular complexity index is 966. The van der Waals surface area contributed by atoms with E-state index in [2.05, 4.69) is 15.2 Å². The molecule has 7 nitrogen and oxygen atoms in total. The van der Waals surface area contributed by atoms with Crippen LogP contribution in [0.3, 0.4) is 0 Å². The van der Waals surface area contributed by atoms with E-state index in [1.165, 1.54) is 11.0 Å². The molecule has 0 radical (unpaired) electrons. The maximum Gasteiger partial charge on any atom is 0.259 e. The molecule has 2 aromatic carbocycles. The molecule has 0 bridgehead atoms. The van der Waals surface area contributed by atoms with Gasteiger partial charge in [-0.2, -0.15) is 0 Å². The van der Waals surface area contributed by atoms with Crippen LogP contribution in [0.1, 0.15) is 5.56 Å². The molecule has 1 fully saturated rings. The lowest BCUT2D eigenvalue weighted by atomic mass is 10.2. The number of amides is 1. The van der Waals surface area contributed by atoms with Crippen LogP contribution in [0.2, 0.25) is 0 Å². The zero-order chi connectivity index (χ0) is 23.1. The number of likely N-dealkylation sites (N-methyl/N-ethyl adjacent to an activating group) is 1. The normalized spacial score (nSPS) is 13.9. The van der Waals surface area contributed by atoms with Crippen LogP contribution in [-0.2, 0) is 11.3 Å². The molecule has 1 aliphatic rings. The molecule has 10 heteroatoms. The minimum Gasteiger partial charge on any atom is -0.484 e. The number of nitrogens with zero attached hydrogens (tertiary/aromatic N) is 4. The van der Waals surface area contributed by atoms with E-state index in [1.807, 2.05) is 29.2 Å². The third-order valence-corrected chi connectivity index (χ3v) is 5.25. The van der Waals surface area contributed by atoms with E-state index in [-0.39, 0.29) is 42.2 Å². The van der Waals surface area contributed by atoms with Crippen LogP contribution in [0.15, 0.2) is 47.5 Å². The molecule has 1 amide bonds. The van der Waals surface area contributed by atoms with Gasteiger partial charge < -0.3 is 24.8 Å². The van der Waals surface area contributed by atoms with E-state index >= 15 is 0 Å². The van der Waals surface area contributed by atoms with Gasteiger partial charge in [0.15, 0.2) is 12.6 Å². The first-order valence-electron chi connectivity index (χ1n) is 10.4. The first kappa shape index (κ1) is 26.6. The molecule has 0 atom stereocenters. The number of hydrogen-bond acceptors (Lipinski definition) is 4. The number of aliphatic imine (C=N–C) groups is 1. The van der Waals surface area contributed by atoms with Gasteiger partial charge in [0.25, 0.3) is 5.91 Å². The summed E-state index contributed by atoms with van der Waals surface area (Å²) < 4.78 is 33.1. The van der Waals surface area contributed by atoms with Gasteiger partial charge in [0.2, 0.25) is 0 Å². The lowest BCUT2D eigenvalue weighted by molar-refractivity contribution is -0.130. The monoisotopic (exact) mass is 573 g/mol. The predicted octanol–water partition coefficient (Wildman–Crippen LogP) is 2.95. The summed E-state index contributed by atoms with van der Waals surface area (Å²) in [5.74, 6) is 0.389. The number of nitrogens with one attached hydrogen (secondary N) is 1. The number of piperazine rings is 1. The number of guanidine groups is 1. The van der Waals surface area contributed by atoms with Crippen molar-refractivity contribution < 1.29 is 18.3 Å². The van der Waals surface area contributed by atoms with Crippen molar-refractivity contribution in [3.8, 4) is 5.75 Å². The summed E-state index contributed by atoms with van der Waals surface area (Å²) in [6, 6.07) is 11.1. The molecule has 0 aliphatic carbocycles. The highest BCUT2D eigenvalue weighted by Crippen LogP contribution is 2.22. The Labute approximate surface area is 210 Å². The zero-order valence-corrected chi connectivity index (χ0v) is 21.4. The predicted molar refractivity (Wildman–Crippen MR) is 136 cm³/mol. The van der Waals surface area contributed by atoms with Crippen LogP contribution in [-0.4, -0.2) is 75.6 Å². The zero-order valence-electron chi connectivity index (χ0n) is 19.1. The Morgan fingerprint density at radius 2 is 1.85 bits per heavy atom. The number of hydrogen-bond donors (Lipinski definition) is 1. The van der Waals surface area contributed by atoms with Crippen LogP contribution in [0, 0.1) is 11.6 Å². The van der Waals surface area contributed by atoms with Gasteiger partial charge >= 0.3 is 0 Å². The second-order valence-electron chi connectivity index (χ2n) is 7.69. The van der Waals surface area contributed by atoms with Crippen LogP contribution in [0.25, 0.3) is 0 Å². The Morgan fingerprint density at radius 1 is 1.12 bits per heavy atom. The maximum atomic E-state index is 14.1.